The number of amides is 1. The lowest BCUT2D eigenvalue weighted by Gasteiger charge is -2.30. The first kappa shape index (κ1) is 27.7. The van der Waals surface area contributed by atoms with Crippen LogP contribution in [0.3, 0.4) is 0 Å². The number of likely N-dealkylation sites (tertiary alicyclic amines) is 1. The molecule has 2 heterocycles. The number of anilines is 1. The molecule has 3 aromatic rings. The number of aryl methyl sites for hydroxylation is 1. The Kier molecular flexibility index (Phi) is 7.65. The molecule has 1 aliphatic heterocycles. The number of hydrogen-bond acceptors (Lipinski definition) is 8. The van der Waals surface area contributed by atoms with Crippen molar-refractivity contribution in [1.82, 2.24) is 14.9 Å². The number of methoxy groups -OCH3 is 1. The number of nitrogens with one attached hydrogen (secondary N) is 1. The number of piperidine rings is 1. The molecule has 0 radical (unpaired) electrons. The summed E-state index contributed by atoms with van der Waals surface area (Å²) in [7, 11) is 1.47. The second kappa shape index (κ2) is 10.8. The van der Waals surface area contributed by atoms with E-state index in [4.69, 9.17) is 9.47 Å². The average Bonchev–Trinajstić information content (AvgIpc) is 2.88. The second-order valence-electron chi connectivity index (χ2n) is 9.16. The number of rotatable bonds is 7. The zero-order valence-electron chi connectivity index (χ0n) is 21.3. The molecule has 0 unspecified atom stereocenters. The van der Waals surface area contributed by atoms with Gasteiger partial charge in [0.1, 0.15) is 17.7 Å². The predicted molar refractivity (Wildman–Crippen MR) is 134 cm³/mol. The number of halogens is 3. The number of alkyl halides is 3. The van der Waals surface area contributed by atoms with Gasteiger partial charge in [0.05, 0.1) is 29.2 Å². The molecule has 0 spiro atoms. The summed E-state index contributed by atoms with van der Waals surface area (Å²) in [5.74, 6) is 1.44. The van der Waals surface area contributed by atoms with E-state index in [0.29, 0.717) is 66.0 Å². The maximum absolute atomic E-state index is 13.4. The zero-order chi connectivity index (χ0) is 28.5. The van der Waals surface area contributed by atoms with Crippen molar-refractivity contribution in [2.45, 2.75) is 45.0 Å². The molecular weight excluding hydrogens is 523 g/mol. The number of ether oxygens (including phenoxy) is 2. The van der Waals surface area contributed by atoms with Crippen molar-refractivity contribution in [3.63, 3.8) is 0 Å². The Balaban J connectivity index is 1.68. The molecule has 208 valence electrons. The van der Waals surface area contributed by atoms with E-state index in [1.807, 2.05) is 0 Å². The molecule has 2 aromatic carbocycles. The number of nitro benzene ring substituents is 1. The fraction of sp³-hybridized carbons (Fsp3) is 0.400. The van der Waals surface area contributed by atoms with Crippen LogP contribution in [0, 0.1) is 17.0 Å². The maximum atomic E-state index is 13.4. The van der Waals surface area contributed by atoms with Crippen molar-refractivity contribution in [3.8, 4) is 11.5 Å². The maximum Gasteiger partial charge on any atom is 0.416 e. The molecule has 0 aliphatic carbocycles. The van der Waals surface area contributed by atoms with E-state index in [-0.39, 0.29) is 11.7 Å². The molecule has 1 fully saturated rings. The Morgan fingerprint density at radius 3 is 2.46 bits per heavy atom. The summed E-state index contributed by atoms with van der Waals surface area (Å²) in [6.45, 7) is 3.87. The first-order valence-electron chi connectivity index (χ1n) is 12.0. The highest BCUT2D eigenvalue weighted by Crippen LogP contribution is 2.38. The molecule has 1 amide bonds. The van der Waals surface area contributed by atoms with Gasteiger partial charge in [0, 0.05) is 49.5 Å². The average molecular weight is 550 g/mol. The third-order valence-corrected chi connectivity index (χ3v) is 6.43. The molecule has 4 rings (SSSR count). The molecule has 14 heteroatoms. The Morgan fingerprint density at radius 2 is 1.87 bits per heavy atom. The van der Waals surface area contributed by atoms with E-state index in [2.05, 4.69) is 15.3 Å². The lowest BCUT2D eigenvalue weighted by atomic mass is 10.0. The van der Waals surface area contributed by atoms with Crippen LogP contribution in [-0.2, 0) is 6.18 Å². The number of non-ortho nitro benzene ring substituents is 1. The van der Waals surface area contributed by atoms with Gasteiger partial charge in [-0.1, -0.05) is 0 Å². The third kappa shape index (κ3) is 6.21. The zero-order valence-corrected chi connectivity index (χ0v) is 21.3. The predicted octanol–water partition coefficient (Wildman–Crippen LogP) is 5.57. The van der Waals surface area contributed by atoms with Gasteiger partial charge in [-0.05, 0) is 31.5 Å². The highest BCUT2D eigenvalue weighted by atomic mass is 19.4. The monoisotopic (exact) mass is 549 g/mol. The Labute approximate surface area is 220 Å². The van der Waals surface area contributed by atoms with Gasteiger partial charge in [-0.25, -0.2) is 14.8 Å². The molecule has 39 heavy (non-hydrogen) atoms. The molecule has 1 atom stereocenters. The molecule has 1 aliphatic rings. The number of aromatic nitrogens is 2. The summed E-state index contributed by atoms with van der Waals surface area (Å²) in [4.78, 5) is 31.8. The van der Waals surface area contributed by atoms with E-state index in [1.165, 1.54) is 12.0 Å². The van der Waals surface area contributed by atoms with E-state index in [1.54, 1.807) is 26.0 Å². The SMILES string of the molecule is COc1cc2nc(C)nc(N[C@H](C)c3cc([N+](=O)[O-])cc(C(F)(F)F)c3)c2cc1OC1CCN(C(=O)O)CC1. The standard InChI is InChI=1S/C25H26F3N5O6/c1-13(15-8-16(25(26,27)28)10-17(9-15)33(36)37)29-23-19-11-22(21(38-3)12-20(19)30-14(2)31-23)39-18-4-6-32(7-5-18)24(34)35/h8-13,18H,4-7H2,1-3H3,(H,34,35)(H,29,30,31)/t13-/m1/s1. The Hall–Kier alpha value is -4.36. The van der Waals surface area contributed by atoms with Crippen molar-refractivity contribution in [1.29, 1.82) is 0 Å². The normalized spacial score (nSPS) is 15.2. The van der Waals surface area contributed by atoms with Crippen LogP contribution in [0.1, 0.15) is 42.8 Å². The van der Waals surface area contributed by atoms with E-state index in [0.717, 1.165) is 12.1 Å². The molecule has 11 nitrogen and oxygen atoms in total. The summed E-state index contributed by atoms with van der Waals surface area (Å²) in [6, 6.07) is 4.95. The second-order valence-corrected chi connectivity index (χ2v) is 9.16. The van der Waals surface area contributed by atoms with Crippen LogP contribution in [0.25, 0.3) is 10.9 Å². The van der Waals surface area contributed by atoms with Gasteiger partial charge in [-0.15, -0.1) is 0 Å². The van der Waals surface area contributed by atoms with Gasteiger partial charge in [0.2, 0.25) is 0 Å². The summed E-state index contributed by atoms with van der Waals surface area (Å²) in [6.07, 6.45) is -5.05. The fourth-order valence-corrected chi connectivity index (χ4v) is 4.40. The van der Waals surface area contributed by atoms with Crippen LogP contribution in [-0.4, -0.2) is 57.3 Å². The van der Waals surface area contributed by atoms with Gasteiger partial charge in [-0.2, -0.15) is 13.2 Å². The van der Waals surface area contributed by atoms with Gasteiger partial charge in [-0.3, -0.25) is 10.1 Å². The van der Waals surface area contributed by atoms with E-state index < -0.39 is 34.5 Å². The first-order valence-corrected chi connectivity index (χ1v) is 12.0. The Bertz CT molecular complexity index is 1410. The lowest BCUT2D eigenvalue weighted by molar-refractivity contribution is -0.385. The summed E-state index contributed by atoms with van der Waals surface area (Å²) >= 11 is 0. The molecule has 1 aromatic heterocycles. The van der Waals surface area contributed by atoms with Crippen molar-refractivity contribution < 1.29 is 37.5 Å². The summed E-state index contributed by atoms with van der Waals surface area (Å²) in [5.41, 5.74) is -1.27. The van der Waals surface area contributed by atoms with Crippen LogP contribution in [0.4, 0.5) is 29.5 Å². The van der Waals surface area contributed by atoms with Crippen LogP contribution in [0.5, 0.6) is 11.5 Å². The van der Waals surface area contributed by atoms with Crippen LogP contribution in [0.2, 0.25) is 0 Å². The van der Waals surface area contributed by atoms with Crippen LogP contribution in [0.15, 0.2) is 30.3 Å². The quantitative estimate of drug-likeness (QED) is 0.286. The minimum Gasteiger partial charge on any atom is -0.493 e. The molecule has 0 saturated carbocycles. The number of hydrogen-bond donors (Lipinski definition) is 2. The molecule has 2 N–H and O–H groups in total. The van der Waals surface area contributed by atoms with Gasteiger partial charge in [0.15, 0.2) is 11.5 Å². The van der Waals surface area contributed by atoms with Gasteiger partial charge < -0.3 is 24.8 Å². The molecule has 0 bridgehead atoms. The molecular formula is C25H26F3N5O6. The number of nitrogens with zero attached hydrogens (tertiary/aromatic N) is 4. The molecule has 1 saturated heterocycles. The van der Waals surface area contributed by atoms with Crippen molar-refractivity contribution in [2.24, 2.45) is 0 Å². The topological polar surface area (TPSA) is 140 Å². The lowest BCUT2D eigenvalue weighted by Crippen LogP contribution is -2.41. The summed E-state index contributed by atoms with van der Waals surface area (Å²) in [5, 5.41) is 24.0. The highest BCUT2D eigenvalue weighted by Gasteiger charge is 2.33. The van der Waals surface area contributed by atoms with Gasteiger partial charge >= 0.3 is 12.3 Å². The highest BCUT2D eigenvalue weighted by molar-refractivity contribution is 5.92. The largest absolute Gasteiger partial charge is 0.493 e. The summed E-state index contributed by atoms with van der Waals surface area (Å²) < 4.78 is 51.9. The smallest absolute Gasteiger partial charge is 0.416 e. The van der Waals surface area contributed by atoms with Gasteiger partial charge in [0.25, 0.3) is 5.69 Å². The minimum atomic E-state index is -4.76. The van der Waals surface area contributed by atoms with E-state index >= 15 is 0 Å². The number of carboxylic acid groups (broad SMARTS) is 1. The number of nitro groups is 1. The number of benzene rings is 2. The van der Waals surface area contributed by atoms with Crippen molar-refractivity contribution in [2.75, 3.05) is 25.5 Å². The van der Waals surface area contributed by atoms with Crippen molar-refractivity contribution in [3.05, 3.63) is 57.4 Å². The number of fused-ring (bicyclic) bond motifs is 1. The van der Waals surface area contributed by atoms with Crippen LogP contribution >= 0.6 is 0 Å². The van der Waals surface area contributed by atoms with Crippen molar-refractivity contribution >= 4 is 28.5 Å². The van der Waals surface area contributed by atoms with E-state index in [9.17, 15) is 33.2 Å². The third-order valence-electron chi connectivity index (χ3n) is 6.43. The Morgan fingerprint density at radius 1 is 1.18 bits per heavy atom. The van der Waals surface area contributed by atoms with Crippen LogP contribution < -0.4 is 14.8 Å². The minimum absolute atomic E-state index is 0.0520. The first-order chi connectivity index (χ1) is 18.3. The number of carbonyl (C=O) groups is 1. The fourth-order valence-electron chi connectivity index (χ4n) is 4.40.